The number of aromatic nitrogens is 4. The van der Waals surface area contributed by atoms with Crippen molar-refractivity contribution >= 4 is 5.78 Å². The molecule has 76 valence electrons. The number of rotatable bonds is 2. The molecule has 2 aromatic rings. The molecule has 6 heteroatoms. The minimum atomic E-state index is -0.425. The third-order valence-electron chi connectivity index (χ3n) is 1.80. The first kappa shape index (κ1) is 9.45. The number of halogens is 1. The van der Waals surface area contributed by atoms with Crippen LogP contribution >= 0.6 is 0 Å². The summed E-state index contributed by atoms with van der Waals surface area (Å²) in [5, 5.41) is 7.34. The fourth-order valence-electron chi connectivity index (χ4n) is 1.04. The van der Waals surface area contributed by atoms with Crippen LogP contribution in [0.5, 0.6) is 0 Å². The van der Waals surface area contributed by atoms with Crippen LogP contribution in [0.15, 0.2) is 24.5 Å². The van der Waals surface area contributed by atoms with Gasteiger partial charge in [-0.25, -0.2) is 14.1 Å². The highest BCUT2D eigenvalue weighted by molar-refractivity contribution is 5.91. The van der Waals surface area contributed by atoms with Crippen molar-refractivity contribution in [2.45, 2.75) is 6.92 Å². The molecular weight excluding hydrogens is 199 g/mol. The lowest BCUT2D eigenvalue weighted by Gasteiger charge is -1.96. The van der Waals surface area contributed by atoms with Crippen molar-refractivity contribution in [3.05, 3.63) is 36.0 Å². The number of ketones is 1. The first-order valence-corrected chi connectivity index (χ1v) is 4.22. The van der Waals surface area contributed by atoms with Crippen LogP contribution in [0.1, 0.15) is 17.4 Å². The lowest BCUT2D eigenvalue weighted by atomic mass is 10.3. The van der Waals surface area contributed by atoms with Gasteiger partial charge in [-0.15, -0.1) is 5.10 Å². The smallest absolute Gasteiger partial charge is 0.181 e. The maximum Gasteiger partial charge on any atom is 0.181 e. The molecule has 0 bridgehead atoms. The van der Waals surface area contributed by atoms with Crippen LogP contribution in [0.3, 0.4) is 0 Å². The minimum absolute atomic E-state index is 0.177. The normalized spacial score (nSPS) is 10.3. The maximum absolute atomic E-state index is 12.6. The molecular formula is C9H7FN4O. The quantitative estimate of drug-likeness (QED) is 0.688. The largest absolute Gasteiger partial charge is 0.293 e. The van der Waals surface area contributed by atoms with Gasteiger partial charge in [0, 0.05) is 6.92 Å². The topological polar surface area (TPSA) is 60.7 Å². The van der Waals surface area contributed by atoms with E-state index in [1.165, 1.54) is 29.9 Å². The summed E-state index contributed by atoms with van der Waals surface area (Å²) in [7, 11) is 0. The fourth-order valence-corrected chi connectivity index (χ4v) is 1.04. The minimum Gasteiger partial charge on any atom is -0.293 e. The molecule has 0 radical (unpaired) electrons. The molecule has 2 rings (SSSR count). The third-order valence-corrected chi connectivity index (χ3v) is 1.80. The third kappa shape index (κ3) is 1.88. The van der Waals surface area contributed by atoms with E-state index >= 15 is 0 Å². The number of nitrogens with zero attached hydrogens (tertiary/aromatic N) is 4. The van der Waals surface area contributed by atoms with Crippen molar-refractivity contribution in [2.24, 2.45) is 0 Å². The molecule has 5 nitrogen and oxygen atoms in total. The van der Waals surface area contributed by atoms with E-state index in [0.717, 1.165) is 6.20 Å². The predicted octanol–water partition coefficient (Wildman–Crippen LogP) is 1.00. The van der Waals surface area contributed by atoms with Gasteiger partial charge < -0.3 is 0 Å². The first-order chi connectivity index (χ1) is 7.16. The number of hydrogen-bond donors (Lipinski definition) is 0. The van der Waals surface area contributed by atoms with E-state index in [9.17, 15) is 9.18 Å². The van der Waals surface area contributed by atoms with Gasteiger partial charge in [0.1, 0.15) is 11.5 Å². The monoisotopic (exact) mass is 206 g/mol. The molecule has 0 aromatic carbocycles. The van der Waals surface area contributed by atoms with E-state index in [0.29, 0.717) is 5.82 Å². The van der Waals surface area contributed by atoms with Gasteiger partial charge in [0.15, 0.2) is 11.6 Å². The zero-order valence-electron chi connectivity index (χ0n) is 7.88. The van der Waals surface area contributed by atoms with E-state index in [1.54, 1.807) is 0 Å². The molecule has 0 N–H and O–H groups in total. The molecule has 0 saturated heterocycles. The average molecular weight is 206 g/mol. The van der Waals surface area contributed by atoms with Crippen LogP contribution in [-0.2, 0) is 0 Å². The van der Waals surface area contributed by atoms with E-state index < -0.39 is 5.82 Å². The second-order valence-corrected chi connectivity index (χ2v) is 2.94. The molecule has 15 heavy (non-hydrogen) atoms. The lowest BCUT2D eigenvalue weighted by molar-refractivity contribution is 0.101. The Kier molecular flexibility index (Phi) is 2.24. The van der Waals surface area contributed by atoms with Crippen molar-refractivity contribution in [3.63, 3.8) is 0 Å². The van der Waals surface area contributed by atoms with E-state index in [4.69, 9.17) is 0 Å². The van der Waals surface area contributed by atoms with Gasteiger partial charge in [-0.05, 0) is 12.1 Å². The second-order valence-electron chi connectivity index (χ2n) is 2.94. The van der Waals surface area contributed by atoms with Crippen molar-refractivity contribution < 1.29 is 9.18 Å². The average Bonchev–Trinajstić information content (AvgIpc) is 2.68. The zero-order valence-corrected chi connectivity index (χ0v) is 7.88. The van der Waals surface area contributed by atoms with Gasteiger partial charge in [0.05, 0.1) is 12.4 Å². The molecule has 0 unspecified atom stereocenters. The molecule has 0 aliphatic carbocycles. The van der Waals surface area contributed by atoms with Gasteiger partial charge >= 0.3 is 0 Å². The van der Waals surface area contributed by atoms with Gasteiger partial charge in [0.2, 0.25) is 0 Å². The number of carbonyl (C=O) groups excluding carboxylic acids is 1. The zero-order chi connectivity index (χ0) is 10.8. The van der Waals surface area contributed by atoms with E-state index in [1.807, 2.05) is 0 Å². The molecule has 2 heterocycles. The number of hydrogen-bond acceptors (Lipinski definition) is 4. The van der Waals surface area contributed by atoms with Gasteiger partial charge in [0.25, 0.3) is 0 Å². The van der Waals surface area contributed by atoms with Gasteiger partial charge in [-0.3, -0.25) is 4.79 Å². The highest BCUT2D eigenvalue weighted by Crippen LogP contribution is 2.04. The summed E-state index contributed by atoms with van der Waals surface area (Å²) in [5.74, 6) is -0.189. The Balaban J connectivity index is 2.37. The summed E-state index contributed by atoms with van der Waals surface area (Å²) in [6.45, 7) is 1.40. The fraction of sp³-hybridized carbons (Fsp3) is 0.111. The highest BCUT2D eigenvalue weighted by Gasteiger charge is 2.06. The van der Waals surface area contributed by atoms with Gasteiger partial charge in [-0.1, -0.05) is 5.21 Å². The molecule has 0 fully saturated rings. The molecule has 0 amide bonds. The van der Waals surface area contributed by atoms with Crippen molar-refractivity contribution in [1.82, 2.24) is 20.0 Å². The molecule has 0 saturated carbocycles. The summed E-state index contributed by atoms with van der Waals surface area (Å²) < 4.78 is 13.9. The Morgan fingerprint density at radius 3 is 2.80 bits per heavy atom. The van der Waals surface area contributed by atoms with Crippen LogP contribution in [0.2, 0.25) is 0 Å². The highest BCUT2D eigenvalue weighted by atomic mass is 19.1. The van der Waals surface area contributed by atoms with Crippen molar-refractivity contribution in [1.29, 1.82) is 0 Å². The predicted molar refractivity (Wildman–Crippen MR) is 49.1 cm³/mol. The van der Waals surface area contributed by atoms with Crippen LogP contribution in [0.25, 0.3) is 5.82 Å². The SMILES string of the molecule is CC(=O)c1cn(-c2ccc(F)cn2)nn1. The molecule has 0 atom stereocenters. The number of pyridine rings is 1. The standard InChI is InChI=1S/C9H7FN4O/c1-6(15)8-5-14(13-12-8)9-3-2-7(10)4-11-9/h2-5H,1H3. The summed E-state index contributed by atoms with van der Waals surface area (Å²) in [6.07, 6.45) is 2.52. The molecule has 0 spiro atoms. The van der Waals surface area contributed by atoms with E-state index in [2.05, 4.69) is 15.3 Å². The van der Waals surface area contributed by atoms with Crippen molar-refractivity contribution in [2.75, 3.05) is 0 Å². The molecule has 2 aromatic heterocycles. The van der Waals surface area contributed by atoms with Crippen LogP contribution in [-0.4, -0.2) is 25.8 Å². The Labute approximate surface area is 84.6 Å². The van der Waals surface area contributed by atoms with Crippen LogP contribution in [0, 0.1) is 5.82 Å². The Bertz CT molecular complexity index is 491. The molecule has 0 aliphatic heterocycles. The van der Waals surface area contributed by atoms with Crippen LogP contribution < -0.4 is 0 Å². The second kappa shape index (κ2) is 3.56. The first-order valence-electron chi connectivity index (χ1n) is 4.22. The van der Waals surface area contributed by atoms with E-state index in [-0.39, 0.29) is 11.5 Å². The number of Topliss-reactive ketones (excluding diaryl/α,β-unsaturated/α-hetero) is 1. The Morgan fingerprint density at radius 2 is 2.27 bits per heavy atom. The summed E-state index contributed by atoms with van der Waals surface area (Å²) in [6, 6.07) is 2.71. The summed E-state index contributed by atoms with van der Waals surface area (Å²) >= 11 is 0. The van der Waals surface area contributed by atoms with Gasteiger partial charge in [-0.2, -0.15) is 0 Å². The summed E-state index contributed by atoms with van der Waals surface area (Å²) in [5.41, 5.74) is 0.251. The van der Waals surface area contributed by atoms with Crippen LogP contribution in [0.4, 0.5) is 4.39 Å². The Hall–Kier alpha value is -2.11. The Morgan fingerprint density at radius 1 is 1.47 bits per heavy atom. The molecule has 0 aliphatic rings. The van der Waals surface area contributed by atoms with Crippen molar-refractivity contribution in [3.8, 4) is 5.82 Å². The number of carbonyl (C=O) groups is 1. The lowest BCUT2D eigenvalue weighted by Crippen LogP contribution is -1.98. The maximum atomic E-state index is 12.6. The summed E-state index contributed by atoms with van der Waals surface area (Å²) in [4.78, 5) is 14.7.